The standard InChI is InChI=1S/C31H31F6N3O/c1-41-28-14-8-6-12-22(28)27(17-38-15-20-9-3-2-4-10-20)40-18-24(30(32,33)34)29(25(19-40)31(35,36)37)23-16-39-26-13-7-5-11-21(23)26/h2-14,16,24-25,27,29,38-39H,15,17-19H2,1H3. The van der Waals surface area contributed by atoms with Crippen LogP contribution in [0.3, 0.4) is 0 Å². The molecule has 0 amide bonds. The van der Waals surface area contributed by atoms with Crippen molar-refractivity contribution in [2.75, 3.05) is 26.7 Å². The Morgan fingerprint density at radius 1 is 0.854 bits per heavy atom. The van der Waals surface area contributed by atoms with Crippen LogP contribution in [0.2, 0.25) is 0 Å². The van der Waals surface area contributed by atoms with E-state index < -0.39 is 49.2 Å². The smallest absolute Gasteiger partial charge is 0.393 e. The Hall–Kier alpha value is -3.50. The molecule has 1 aliphatic heterocycles. The van der Waals surface area contributed by atoms with Crippen LogP contribution in [0.25, 0.3) is 10.9 Å². The number of nitrogens with one attached hydrogen (secondary N) is 2. The molecule has 0 spiro atoms. The number of rotatable bonds is 8. The summed E-state index contributed by atoms with van der Waals surface area (Å²) in [5.41, 5.74) is 2.03. The fourth-order valence-corrected chi connectivity index (χ4v) is 6.09. The number of hydrogen-bond donors (Lipinski definition) is 2. The first-order valence-corrected chi connectivity index (χ1v) is 13.4. The Morgan fingerprint density at radius 2 is 1.46 bits per heavy atom. The summed E-state index contributed by atoms with van der Waals surface area (Å²) in [6.45, 7) is -0.641. The van der Waals surface area contributed by atoms with Gasteiger partial charge in [-0.15, -0.1) is 0 Å². The van der Waals surface area contributed by atoms with Gasteiger partial charge < -0.3 is 15.0 Å². The van der Waals surface area contributed by atoms with Gasteiger partial charge in [0.2, 0.25) is 0 Å². The van der Waals surface area contributed by atoms with Gasteiger partial charge in [0.1, 0.15) is 5.75 Å². The Kier molecular flexibility index (Phi) is 8.33. The molecule has 1 fully saturated rings. The van der Waals surface area contributed by atoms with E-state index >= 15 is 0 Å². The summed E-state index contributed by atoms with van der Waals surface area (Å²) in [4.78, 5) is 4.20. The molecule has 10 heteroatoms. The van der Waals surface area contributed by atoms with Crippen molar-refractivity contribution in [3.8, 4) is 5.75 Å². The lowest BCUT2D eigenvalue weighted by Gasteiger charge is -2.47. The number of aromatic amines is 1. The largest absolute Gasteiger partial charge is 0.496 e. The lowest BCUT2D eigenvalue weighted by Crippen LogP contribution is -2.55. The number of likely N-dealkylation sites (tertiary alicyclic amines) is 1. The molecular weight excluding hydrogens is 544 g/mol. The molecule has 0 aliphatic carbocycles. The molecule has 3 aromatic carbocycles. The zero-order valence-electron chi connectivity index (χ0n) is 22.3. The van der Waals surface area contributed by atoms with Crippen molar-refractivity contribution in [3.63, 3.8) is 0 Å². The van der Waals surface area contributed by atoms with Crippen LogP contribution in [0, 0.1) is 11.8 Å². The molecule has 2 N–H and O–H groups in total. The summed E-state index contributed by atoms with van der Waals surface area (Å²) < 4.78 is 94.0. The number of benzene rings is 3. The Morgan fingerprint density at radius 3 is 2.12 bits per heavy atom. The molecule has 1 aliphatic rings. The Labute approximate surface area is 234 Å². The number of hydrogen-bond acceptors (Lipinski definition) is 3. The second-order valence-electron chi connectivity index (χ2n) is 10.4. The maximum absolute atomic E-state index is 14.8. The normalized spacial score (nSPS) is 21.2. The summed E-state index contributed by atoms with van der Waals surface area (Å²) >= 11 is 0. The summed E-state index contributed by atoms with van der Waals surface area (Å²) in [7, 11) is 1.44. The highest BCUT2D eigenvalue weighted by molar-refractivity contribution is 5.83. The summed E-state index contributed by atoms with van der Waals surface area (Å²) in [6, 6.07) is 21.9. The van der Waals surface area contributed by atoms with E-state index in [9.17, 15) is 26.3 Å². The third kappa shape index (κ3) is 6.23. The highest BCUT2D eigenvalue weighted by atomic mass is 19.4. The third-order valence-corrected chi connectivity index (χ3v) is 8.00. The first-order valence-electron chi connectivity index (χ1n) is 13.4. The van der Waals surface area contributed by atoms with Crippen molar-refractivity contribution >= 4 is 10.9 Å². The minimum atomic E-state index is -4.87. The number of nitrogens with zero attached hydrogens (tertiary/aromatic N) is 1. The Balaban J connectivity index is 1.55. The van der Waals surface area contributed by atoms with Crippen LogP contribution >= 0.6 is 0 Å². The van der Waals surface area contributed by atoms with Gasteiger partial charge in [0.05, 0.1) is 25.0 Å². The van der Waals surface area contributed by atoms with Gasteiger partial charge >= 0.3 is 12.4 Å². The van der Waals surface area contributed by atoms with E-state index in [1.54, 1.807) is 48.5 Å². The predicted molar refractivity (Wildman–Crippen MR) is 146 cm³/mol. The van der Waals surface area contributed by atoms with Crippen LogP contribution < -0.4 is 10.1 Å². The number of H-pyrrole nitrogens is 1. The molecule has 5 rings (SSSR count). The van der Waals surface area contributed by atoms with Crippen molar-refractivity contribution in [3.05, 3.63) is 102 Å². The van der Waals surface area contributed by atoms with Gasteiger partial charge in [-0.3, -0.25) is 4.90 Å². The van der Waals surface area contributed by atoms with Crippen LogP contribution in [0.4, 0.5) is 26.3 Å². The van der Waals surface area contributed by atoms with Gasteiger partial charge in [-0.2, -0.15) is 26.3 Å². The summed E-state index contributed by atoms with van der Waals surface area (Å²) in [5.74, 6) is -5.87. The molecule has 3 unspecified atom stereocenters. The number of methoxy groups -OCH3 is 1. The van der Waals surface area contributed by atoms with Crippen LogP contribution in [-0.2, 0) is 6.54 Å². The number of aromatic nitrogens is 1. The average molecular weight is 576 g/mol. The van der Waals surface area contributed by atoms with Crippen molar-refractivity contribution in [1.82, 2.24) is 15.2 Å². The minimum Gasteiger partial charge on any atom is -0.496 e. The molecule has 0 saturated carbocycles. The third-order valence-electron chi connectivity index (χ3n) is 8.00. The number of fused-ring (bicyclic) bond motifs is 1. The number of ether oxygens (including phenoxy) is 1. The molecule has 4 aromatic rings. The number of halogens is 6. The quantitative estimate of drug-likeness (QED) is 0.214. The number of piperidine rings is 1. The number of para-hydroxylation sites is 2. The van der Waals surface area contributed by atoms with E-state index in [1.807, 2.05) is 30.3 Å². The van der Waals surface area contributed by atoms with E-state index in [0.717, 1.165) is 5.56 Å². The zero-order valence-corrected chi connectivity index (χ0v) is 22.3. The van der Waals surface area contributed by atoms with E-state index in [-0.39, 0.29) is 12.1 Å². The van der Waals surface area contributed by atoms with E-state index in [1.165, 1.54) is 18.2 Å². The van der Waals surface area contributed by atoms with Crippen molar-refractivity contribution < 1.29 is 31.1 Å². The molecule has 3 atom stereocenters. The van der Waals surface area contributed by atoms with Gasteiger partial charge in [0.15, 0.2) is 0 Å². The van der Waals surface area contributed by atoms with Crippen LogP contribution in [0.15, 0.2) is 85.1 Å². The van der Waals surface area contributed by atoms with Crippen molar-refractivity contribution in [2.45, 2.75) is 30.9 Å². The molecule has 0 radical (unpaired) electrons. The van der Waals surface area contributed by atoms with Gasteiger partial charge in [0, 0.05) is 54.8 Å². The molecular formula is C31H31F6N3O. The molecule has 1 aromatic heterocycles. The maximum atomic E-state index is 14.8. The number of alkyl halides is 6. The van der Waals surface area contributed by atoms with Gasteiger partial charge in [0.25, 0.3) is 0 Å². The van der Waals surface area contributed by atoms with Crippen LogP contribution in [0.1, 0.15) is 28.7 Å². The molecule has 4 nitrogen and oxygen atoms in total. The predicted octanol–water partition coefficient (Wildman–Crippen LogP) is 7.46. The van der Waals surface area contributed by atoms with Crippen molar-refractivity contribution in [1.29, 1.82) is 0 Å². The minimum absolute atomic E-state index is 0.0425. The van der Waals surface area contributed by atoms with Gasteiger partial charge in [-0.25, -0.2) is 0 Å². The highest BCUT2D eigenvalue weighted by Gasteiger charge is 2.59. The van der Waals surface area contributed by atoms with E-state index in [0.29, 0.717) is 28.8 Å². The SMILES string of the molecule is COc1ccccc1C(CNCc1ccccc1)N1CC(C(F)(F)F)C(c2c[nH]c3ccccc23)C(C(F)(F)F)C1. The average Bonchev–Trinajstić information content (AvgIpc) is 3.38. The first kappa shape index (κ1) is 29.0. The van der Waals surface area contributed by atoms with Gasteiger partial charge in [-0.05, 0) is 23.3 Å². The second-order valence-corrected chi connectivity index (χ2v) is 10.4. The molecule has 0 bridgehead atoms. The van der Waals surface area contributed by atoms with Crippen LogP contribution in [0.5, 0.6) is 5.75 Å². The maximum Gasteiger partial charge on any atom is 0.393 e. The summed E-state index contributed by atoms with van der Waals surface area (Å²) in [6.07, 6.45) is -8.43. The van der Waals surface area contributed by atoms with E-state index in [2.05, 4.69) is 10.3 Å². The zero-order chi connectivity index (χ0) is 29.2. The summed E-state index contributed by atoms with van der Waals surface area (Å²) in [5, 5.41) is 3.63. The Bertz CT molecular complexity index is 1410. The molecule has 41 heavy (non-hydrogen) atoms. The van der Waals surface area contributed by atoms with Crippen LogP contribution in [-0.4, -0.2) is 49.0 Å². The van der Waals surface area contributed by atoms with Crippen molar-refractivity contribution in [2.24, 2.45) is 11.8 Å². The fourth-order valence-electron chi connectivity index (χ4n) is 6.09. The molecule has 218 valence electrons. The van der Waals surface area contributed by atoms with Gasteiger partial charge in [-0.1, -0.05) is 66.7 Å². The lowest BCUT2D eigenvalue weighted by atomic mass is 9.72. The van der Waals surface area contributed by atoms with E-state index in [4.69, 9.17) is 4.74 Å². The fraction of sp³-hybridized carbons (Fsp3) is 0.355. The topological polar surface area (TPSA) is 40.3 Å². The second kappa shape index (κ2) is 11.8. The monoisotopic (exact) mass is 575 g/mol. The molecule has 2 heterocycles. The lowest BCUT2D eigenvalue weighted by molar-refractivity contribution is -0.242. The first-order chi connectivity index (χ1) is 19.6. The molecule has 1 saturated heterocycles. The highest BCUT2D eigenvalue weighted by Crippen LogP contribution is 2.53.